The number of fused-ring (bicyclic) bond motifs is 2. The van der Waals surface area contributed by atoms with E-state index < -0.39 is 22.2 Å². The van der Waals surface area contributed by atoms with E-state index in [1.54, 1.807) is 21.5 Å². The fraction of sp³-hybridized carbons (Fsp3) is 0.263. The highest BCUT2D eigenvalue weighted by molar-refractivity contribution is 7.79. The van der Waals surface area contributed by atoms with Crippen molar-refractivity contribution < 1.29 is 27.1 Å². The molecule has 0 aliphatic carbocycles. The second kappa shape index (κ2) is 16.5. The number of aromatic nitrogens is 4. The first-order chi connectivity index (χ1) is 25.4. The number of primary amides is 2. The molecule has 0 bridgehead atoms. The van der Waals surface area contributed by atoms with E-state index in [9.17, 15) is 9.59 Å². The van der Waals surface area contributed by atoms with Gasteiger partial charge in [-0.2, -0.15) is 18.6 Å². The van der Waals surface area contributed by atoms with Gasteiger partial charge < -0.3 is 22.1 Å². The van der Waals surface area contributed by atoms with E-state index in [0.717, 1.165) is 48.3 Å². The van der Waals surface area contributed by atoms with E-state index >= 15 is 0 Å². The van der Waals surface area contributed by atoms with Gasteiger partial charge in [-0.05, 0) is 98.1 Å². The maximum atomic E-state index is 11.5. The summed E-state index contributed by atoms with van der Waals surface area (Å²) in [5, 5.41) is 17.8. The lowest BCUT2D eigenvalue weighted by molar-refractivity contribution is 0.0993. The lowest BCUT2D eigenvalue weighted by Crippen LogP contribution is -2.28. The fourth-order valence-electron chi connectivity index (χ4n) is 6.82. The highest BCUT2D eigenvalue weighted by Gasteiger charge is 2.17. The average Bonchev–Trinajstić information content (AvgIpc) is 3.80. The molecule has 6 aromatic rings. The third kappa shape index (κ3) is 9.51. The summed E-state index contributed by atoms with van der Waals surface area (Å²) >= 11 is 0. The third-order valence-electron chi connectivity index (χ3n) is 9.46. The molecule has 2 amide bonds. The van der Waals surface area contributed by atoms with E-state index in [0.29, 0.717) is 34.0 Å². The van der Waals surface area contributed by atoms with Crippen molar-refractivity contribution in [2.24, 2.45) is 11.5 Å². The van der Waals surface area contributed by atoms with Crippen molar-refractivity contribution >= 4 is 44.0 Å². The van der Waals surface area contributed by atoms with Crippen LogP contribution in [0.4, 0.5) is 0 Å². The number of nitrogens with two attached hydrogens (primary N) is 2. The first-order valence-electron chi connectivity index (χ1n) is 17.3. The molecule has 2 aromatic heterocycles. The van der Waals surface area contributed by atoms with E-state index in [2.05, 4.69) is 69.4 Å². The zero-order valence-corrected chi connectivity index (χ0v) is 29.7. The standard InChI is InChI=1S/2C19H20N4O.H2O4S/c2*20-19(24)17-5-1-3-15-12-23(22-18(15)17)16-8-6-13(7-9-16)14-4-2-10-21-11-14;1-5(2,3)4/h2*1,3,5-9,12,14,21H,2,4,10-11H2,(H2,20,24);(H2,1,2,3,4)/t2*14-;/m11./s1. The van der Waals surface area contributed by atoms with Crippen molar-refractivity contribution in [2.75, 3.05) is 26.2 Å². The summed E-state index contributed by atoms with van der Waals surface area (Å²) in [5.41, 5.74) is 17.8. The Bertz CT molecular complexity index is 2150. The minimum Gasteiger partial charge on any atom is -0.366 e. The van der Waals surface area contributed by atoms with Crippen molar-refractivity contribution in [1.29, 1.82) is 0 Å². The van der Waals surface area contributed by atoms with Crippen molar-refractivity contribution in [1.82, 2.24) is 30.2 Å². The number of carbonyl (C=O) groups excluding carboxylic acids is 2. The first kappa shape index (κ1) is 37.3. The van der Waals surface area contributed by atoms with Crippen LogP contribution in [0.25, 0.3) is 33.2 Å². The maximum absolute atomic E-state index is 11.5. The molecule has 53 heavy (non-hydrogen) atoms. The van der Waals surface area contributed by atoms with Gasteiger partial charge in [-0.15, -0.1) is 0 Å². The lowest BCUT2D eigenvalue weighted by Gasteiger charge is -2.23. The van der Waals surface area contributed by atoms with E-state index in [-0.39, 0.29) is 0 Å². The van der Waals surface area contributed by atoms with Gasteiger partial charge in [0.15, 0.2) is 0 Å². The lowest BCUT2D eigenvalue weighted by atomic mass is 9.92. The fourth-order valence-corrected chi connectivity index (χ4v) is 6.82. The first-order valence-corrected chi connectivity index (χ1v) is 18.7. The van der Waals surface area contributed by atoms with Gasteiger partial charge in [-0.3, -0.25) is 18.7 Å². The quantitative estimate of drug-likeness (QED) is 0.131. The van der Waals surface area contributed by atoms with Crippen LogP contribution < -0.4 is 22.1 Å². The molecule has 2 saturated heterocycles. The van der Waals surface area contributed by atoms with Gasteiger partial charge >= 0.3 is 10.4 Å². The largest absolute Gasteiger partial charge is 0.394 e. The SMILES string of the molecule is NC(=O)c1cccc2cn(-c3ccc([C@@H]4CCCNC4)cc3)nc12.NC(=O)c1cccc2cn(-c3ccc([C@@H]4CCCNC4)cc3)nc12.O=S(=O)(O)O. The monoisotopic (exact) mass is 738 g/mol. The van der Waals surface area contributed by atoms with Crippen LogP contribution in [0.3, 0.4) is 0 Å². The summed E-state index contributed by atoms with van der Waals surface area (Å²) in [4.78, 5) is 23.1. The summed E-state index contributed by atoms with van der Waals surface area (Å²) < 4.78 is 35.2. The maximum Gasteiger partial charge on any atom is 0.394 e. The Morgan fingerprint density at radius 3 is 1.34 bits per heavy atom. The highest BCUT2D eigenvalue weighted by atomic mass is 32.3. The normalized spacial score (nSPS) is 17.3. The Hall–Kier alpha value is -5.45. The van der Waals surface area contributed by atoms with Crippen molar-refractivity contribution in [3.8, 4) is 11.4 Å². The Balaban J connectivity index is 0.000000161. The summed E-state index contributed by atoms with van der Waals surface area (Å²) in [6.45, 7) is 4.34. The molecule has 276 valence electrons. The van der Waals surface area contributed by atoms with Crippen LogP contribution in [0.2, 0.25) is 0 Å². The Kier molecular flexibility index (Phi) is 11.6. The molecule has 2 aliphatic rings. The predicted molar refractivity (Wildman–Crippen MR) is 203 cm³/mol. The smallest absolute Gasteiger partial charge is 0.366 e. The zero-order valence-electron chi connectivity index (χ0n) is 28.9. The number of carbonyl (C=O) groups is 2. The molecule has 8 rings (SSSR count). The minimum absolute atomic E-state index is 0.453. The van der Waals surface area contributed by atoms with Gasteiger partial charge in [-0.25, -0.2) is 9.36 Å². The van der Waals surface area contributed by atoms with Gasteiger partial charge in [-0.1, -0.05) is 48.5 Å². The summed E-state index contributed by atoms with van der Waals surface area (Å²) in [5.74, 6) is 0.272. The number of hydrogen-bond donors (Lipinski definition) is 6. The van der Waals surface area contributed by atoms with E-state index in [4.69, 9.17) is 29.0 Å². The highest BCUT2D eigenvalue weighted by Crippen LogP contribution is 2.27. The van der Waals surface area contributed by atoms with Crippen molar-refractivity contribution in [3.63, 3.8) is 0 Å². The molecule has 0 radical (unpaired) electrons. The molecular weight excluding hydrogens is 697 g/mol. The summed E-state index contributed by atoms with van der Waals surface area (Å²) in [6, 6.07) is 28.0. The number of nitrogens with one attached hydrogen (secondary N) is 2. The second-order valence-electron chi connectivity index (χ2n) is 13.1. The molecule has 0 saturated carbocycles. The molecule has 4 heterocycles. The van der Waals surface area contributed by atoms with E-state index in [1.165, 1.54) is 36.8 Å². The van der Waals surface area contributed by atoms with Gasteiger partial charge in [0.05, 0.1) is 22.5 Å². The molecule has 15 heteroatoms. The molecule has 0 spiro atoms. The number of nitrogens with zero attached hydrogens (tertiary/aromatic N) is 4. The Morgan fingerprint density at radius 1 is 0.642 bits per heavy atom. The van der Waals surface area contributed by atoms with Crippen LogP contribution in [0, 0.1) is 0 Å². The van der Waals surface area contributed by atoms with Crippen LogP contribution in [-0.4, -0.2) is 75.1 Å². The van der Waals surface area contributed by atoms with Crippen LogP contribution in [0.1, 0.15) is 69.4 Å². The van der Waals surface area contributed by atoms with Gasteiger partial charge in [0.2, 0.25) is 0 Å². The number of hydrogen-bond acceptors (Lipinski definition) is 8. The second-order valence-corrected chi connectivity index (χ2v) is 14.0. The summed E-state index contributed by atoms with van der Waals surface area (Å²) in [7, 11) is -4.67. The Morgan fingerprint density at radius 2 is 1.02 bits per heavy atom. The third-order valence-corrected chi connectivity index (χ3v) is 9.46. The van der Waals surface area contributed by atoms with E-state index in [1.807, 2.05) is 36.7 Å². The topological polar surface area (TPSA) is 220 Å². The molecule has 2 atom stereocenters. The van der Waals surface area contributed by atoms with Crippen molar-refractivity contribution in [2.45, 2.75) is 37.5 Å². The molecular formula is C38H42N8O6S. The van der Waals surface area contributed by atoms with Gasteiger partial charge in [0.1, 0.15) is 11.0 Å². The van der Waals surface area contributed by atoms with Crippen LogP contribution in [0.5, 0.6) is 0 Å². The van der Waals surface area contributed by atoms with Crippen LogP contribution in [0.15, 0.2) is 97.3 Å². The molecule has 0 unspecified atom stereocenters. The molecule has 14 nitrogen and oxygen atoms in total. The van der Waals surface area contributed by atoms with Crippen LogP contribution in [-0.2, 0) is 10.4 Å². The molecule has 2 aliphatic heterocycles. The average molecular weight is 739 g/mol. The summed E-state index contributed by atoms with van der Waals surface area (Å²) in [6.07, 6.45) is 8.79. The zero-order chi connectivity index (χ0) is 37.5. The predicted octanol–water partition coefficient (Wildman–Crippen LogP) is 4.53. The number of amides is 2. The Labute approximate surface area is 306 Å². The van der Waals surface area contributed by atoms with Gasteiger partial charge in [0, 0.05) is 36.3 Å². The molecule has 4 aromatic carbocycles. The van der Waals surface area contributed by atoms with Gasteiger partial charge in [0.25, 0.3) is 11.8 Å². The molecule has 2 fully saturated rings. The minimum atomic E-state index is -4.67. The van der Waals surface area contributed by atoms with Crippen LogP contribution >= 0.6 is 0 Å². The van der Waals surface area contributed by atoms with Crippen molar-refractivity contribution in [3.05, 3.63) is 120 Å². The number of rotatable bonds is 6. The molecule has 8 N–H and O–H groups in total. The number of piperidine rings is 2. The number of benzene rings is 4.